The summed E-state index contributed by atoms with van der Waals surface area (Å²) in [6, 6.07) is 14.5. The zero-order valence-corrected chi connectivity index (χ0v) is 43.7. The predicted octanol–water partition coefficient (Wildman–Crippen LogP) is 1.80. The molecule has 0 unspecified atom stereocenters. The third-order valence-corrected chi connectivity index (χ3v) is 13.3. The number of nitrogens with one attached hydrogen (secondary N) is 8. The number of benzene rings is 3. The van der Waals surface area contributed by atoms with Gasteiger partial charge >= 0.3 is 0 Å². The Hall–Kier alpha value is -7.94. The predicted molar refractivity (Wildman–Crippen MR) is 283 cm³/mol. The summed E-state index contributed by atoms with van der Waals surface area (Å²) in [6.07, 6.45) is 5.27. The minimum absolute atomic E-state index is 0.0117. The van der Waals surface area contributed by atoms with Crippen LogP contribution in [0.3, 0.4) is 0 Å². The van der Waals surface area contributed by atoms with Crippen LogP contribution in [0, 0.1) is 11.8 Å². The molecule has 6 rings (SSSR count). The van der Waals surface area contributed by atoms with Crippen molar-refractivity contribution in [2.45, 2.75) is 141 Å². The van der Waals surface area contributed by atoms with Crippen LogP contribution in [0.1, 0.15) is 89.2 Å². The Labute approximate surface area is 442 Å². The van der Waals surface area contributed by atoms with Gasteiger partial charge in [0.15, 0.2) is 0 Å². The number of nitrogens with zero attached hydrogens (tertiary/aromatic N) is 3. The number of likely N-dealkylation sites (tertiary alicyclic amines) is 1. The van der Waals surface area contributed by atoms with Crippen LogP contribution >= 0.6 is 0 Å². The molecule has 1 aliphatic heterocycles. The van der Waals surface area contributed by atoms with Gasteiger partial charge in [-0.25, -0.2) is 9.97 Å². The van der Waals surface area contributed by atoms with E-state index in [0.717, 1.165) is 21.9 Å². The van der Waals surface area contributed by atoms with E-state index < -0.39 is 102 Å². The van der Waals surface area contributed by atoms with E-state index in [1.54, 1.807) is 30.5 Å². The average molecular weight is 1050 g/mol. The summed E-state index contributed by atoms with van der Waals surface area (Å²) in [5.41, 5.74) is 8.26. The van der Waals surface area contributed by atoms with Gasteiger partial charge in [0.1, 0.15) is 36.3 Å². The van der Waals surface area contributed by atoms with Gasteiger partial charge in [-0.1, -0.05) is 100 Å². The molecular formula is C55H72N12O9. The van der Waals surface area contributed by atoms with Crippen molar-refractivity contribution in [1.82, 2.24) is 56.7 Å². The summed E-state index contributed by atoms with van der Waals surface area (Å²) in [5.74, 6) is -5.15. The number of fused-ring (bicyclic) bond motifs is 1. The minimum Gasteiger partial charge on any atom is -0.390 e. The summed E-state index contributed by atoms with van der Waals surface area (Å²) in [7, 11) is 0. The number of imidazole rings is 2. The number of primary amides is 1. The number of amides is 8. The molecule has 11 N–H and O–H groups in total. The van der Waals surface area contributed by atoms with Crippen molar-refractivity contribution >= 4 is 58.0 Å². The van der Waals surface area contributed by atoms with Crippen LogP contribution in [-0.4, -0.2) is 132 Å². The second-order valence-corrected chi connectivity index (χ2v) is 20.4. The lowest BCUT2D eigenvalue weighted by Gasteiger charge is -2.31. The smallest absolute Gasteiger partial charge is 0.246 e. The van der Waals surface area contributed by atoms with Gasteiger partial charge in [0.05, 0.1) is 31.2 Å². The Kier molecular flexibility index (Phi) is 20.8. The van der Waals surface area contributed by atoms with E-state index in [1.165, 1.54) is 30.7 Å². The van der Waals surface area contributed by atoms with Crippen LogP contribution in [0.4, 0.5) is 0 Å². The Bertz CT molecular complexity index is 2750. The van der Waals surface area contributed by atoms with Gasteiger partial charge < -0.3 is 57.6 Å². The number of H-pyrrole nitrogens is 2. The second kappa shape index (κ2) is 27.6. The lowest BCUT2D eigenvalue weighted by Crippen LogP contribution is -2.59. The minimum atomic E-state index is -1.46. The lowest BCUT2D eigenvalue weighted by molar-refractivity contribution is -0.142. The summed E-state index contributed by atoms with van der Waals surface area (Å²) in [4.78, 5) is 126. The second-order valence-electron chi connectivity index (χ2n) is 20.4. The van der Waals surface area contributed by atoms with Crippen molar-refractivity contribution in [3.63, 3.8) is 0 Å². The molecule has 0 radical (unpaired) electrons. The number of hydrogen-bond donors (Lipinski definition) is 10. The number of nitrogens with two attached hydrogens (primary N) is 1. The molecule has 0 bridgehead atoms. The molecule has 406 valence electrons. The van der Waals surface area contributed by atoms with Gasteiger partial charge in [0.25, 0.3) is 0 Å². The van der Waals surface area contributed by atoms with Crippen LogP contribution in [0.5, 0.6) is 0 Å². The Morgan fingerprint density at radius 3 is 1.88 bits per heavy atom. The fourth-order valence-corrected chi connectivity index (χ4v) is 9.57. The van der Waals surface area contributed by atoms with Crippen LogP contribution in [0.25, 0.3) is 10.8 Å². The van der Waals surface area contributed by atoms with Gasteiger partial charge in [0, 0.05) is 62.9 Å². The van der Waals surface area contributed by atoms with Crippen molar-refractivity contribution in [1.29, 1.82) is 0 Å². The van der Waals surface area contributed by atoms with E-state index in [2.05, 4.69) is 51.8 Å². The molecule has 21 nitrogen and oxygen atoms in total. The number of aliphatic hydroxyl groups excluding tert-OH is 1. The summed E-state index contributed by atoms with van der Waals surface area (Å²) >= 11 is 0. The first kappa shape index (κ1) is 57.3. The number of hydrogen-bond acceptors (Lipinski definition) is 11. The number of rotatable bonds is 27. The quantitative estimate of drug-likeness (QED) is 0.0362. The molecule has 3 heterocycles. The largest absolute Gasteiger partial charge is 0.390 e. The van der Waals surface area contributed by atoms with Crippen molar-refractivity contribution in [3.05, 3.63) is 120 Å². The van der Waals surface area contributed by atoms with Crippen molar-refractivity contribution in [2.75, 3.05) is 6.54 Å². The standard InChI is InChI=1S/C55H72N12O9/c1-32(2)21-41(48(69)27-49(70)62-43(22-33(3)4)51(72)64-42(50(56)71)23-35-13-7-6-8-14-35)63-53(74)45(25-38-28-57-30-59-38)65-52(73)44(24-37-17-11-16-36-15-9-10-18-40(36)37)66-54(75)47-19-12-20-67(47)55(76)46(61-34(5)68)26-39-29-58-31-60-39/h6-11,13-18,28-33,41-48,69H,12,19-27H2,1-5H3,(H2,56,71)(H,57,59)(H,58,60)(H,61,68)(H,62,70)(H,63,74)(H,64,72)(H,65,73)(H,66,75)/t41-,42-,43-,44-,45-,46-,47+,48-/m0/s1. The molecule has 1 saturated heterocycles. The number of carbonyl (C=O) groups excluding carboxylic acids is 8. The van der Waals surface area contributed by atoms with E-state index in [9.17, 15) is 43.5 Å². The highest BCUT2D eigenvalue weighted by atomic mass is 16.3. The summed E-state index contributed by atoms with van der Waals surface area (Å²) in [6.45, 7) is 9.02. The van der Waals surface area contributed by atoms with Gasteiger partial charge in [-0.05, 0) is 59.4 Å². The molecule has 1 fully saturated rings. The van der Waals surface area contributed by atoms with Gasteiger partial charge in [-0.3, -0.25) is 38.4 Å². The van der Waals surface area contributed by atoms with E-state index >= 15 is 0 Å². The Balaban J connectivity index is 1.20. The number of aromatic amines is 2. The van der Waals surface area contributed by atoms with Crippen LogP contribution in [0.2, 0.25) is 0 Å². The van der Waals surface area contributed by atoms with Crippen LogP contribution in [-0.2, 0) is 64.0 Å². The first-order valence-corrected chi connectivity index (χ1v) is 25.9. The van der Waals surface area contributed by atoms with E-state index in [1.807, 2.05) is 76.2 Å². The Morgan fingerprint density at radius 1 is 0.658 bits per heavy atom. The molecule has 2 aromatic heterocycles. The fraction of sp³-hybridized carbons (Fsp3) is 0.455. The molecule has 8 amide bonds. The normalized spacial score (nSPS) is 16.2. The van der Waals surface area contributed by atoms with Crippen molar-refractivity contribution in [2.24, 2.45) is 17.6 Å². The number of carbonyl (C=O) groups is 8. The molecule has 76 heavy (non-hydrogen) atoms. The zero-order valence-electron chi connectivity index (χ0n) is 43.7. The first-order chi connectivity index (χ1) is 36.3. The van der Waals surface area contributed by atoms with Crippen LogP contribution < -0.4 is 37.6 Å². The highest BCUT2D eigenvalue weighted by Gasteiger charge is 2.40. The van der Waals surface area contributed by atoms with Crippen molar-refractivity contribution in [3.8, 4) is 0 Å². The Morgan fingerprint density at radius 2 is 1.25 bits per heavy atom. The van der Waals surface area contributed by atoms with E-state index in [4.69, 9.17) is 5.73 Å². The summed E-state index contributed by atoms with van der Waals surface area (Å²) in [5, 5.41) is 30.2. The zero-order chi connectivity index (χ0) is 54.9. The molecule has 3 aromatic carbocycles. The molecule has 21 heteroatoms. The molecule has 8 atom stereocenters. The highest BCUT2D eigenvalue weighted by Crippen LogP contribution is 2.23. The number of aliphatic hydroxyl groups is 1. The number of aromatic nitrogens is 4. The molecule has 5 aromatic rings. The summed E-state index contributed by atoms with van der Waals surface area (Å²) < 4.78 is 0. The third kappa shape index (κ3) is 16.8. The lowest BCUT2D eigenvalue weighted by atomic mass is 9.95. The fourth-order valence-electron chi connectivity index (χ4n) is 9.57. The van der Waals surface area contributed by atoms with Gasteiger partial charge in [-0.15, -0.1) is 0 Å². The molecule has 0 spiro atoms. The maximum atomic E-state index is 14.8. The molecule has 0 saturated carbocycles. The molecular weight excluding hydrogens is 973 g/mol. The van der Waals surface area contributed by atoms with Crippen LogP contribution in [0.15, 0.2) is 97.8 Å². The van der Waals surface area contributed by atoms with Crippen molar-refractivity contribution < 1.29 is 43.5 Å². The van der Waals surface area contributed by atoms with E-state index in [-0.39, 0.29) is 63.3 Å². The SMILES string of the molecule is CC(=O)N[C@@H](Cc1cnc[nH]1)C(=O)N1CCC[C@@H]1C(=O)N[C@@H](Cc1cccc2ccccc12)C(=O)N[C@@H](Cc1cnc[nH]1)C(=O)N[C@@H](CC(C)C)[C@@H](O)CC(=O)N[C@@H](CC(C)C)C(=O)N[C@@H](Cc1ccccc1)C(N)=O. The van der Waals surface area contributed by atoms with Gasteiger partial charge in [0.2, 0.25) is 47.3 Å². The molecule has 1 aliphatic rings. The topological polar surface area (TPSA) is 316 Å². The highest BCUT2D eigenvalue weighted by molar-refractivity contribution is 5.97. The average Bonchev–Trinajstić information content (AvgIpc) is 4.20. The first-order valence-electron chi connectivity index (χ1n) is 25.9. The maximum absolute atomic E-state index is 14.8. The molecule has 0 aliphatic carbocycles. The third-order valence-electron chi connectivity index (χ3n) is 13.3. The van der Waals surface area contributed by atoms with Gasteiger partial charge in [-0.2, -0.15) is 0 Å². The maximum Gasteiger partial charge on any atom is 0.246 e. The monoisotopic (exact) mass is 1040 g/mol. The van der Waals surface area contributed by atoms with E-state index in [0.29, 0.717) is 17.8 Å².